The van der Waals surface area contributed by atoms with E-state index in [1.165, 1.54) is 4.90 Å². The van der Waals surface area contributed by atoms with E-state index in [1.807, 2.05) is 0 Å². The highest BCUT2D eigenvalue weighted by Gasteiger charge is 2.36. The predicted octanol–water partition coefficient (Wildman–Crippen LogP) is 2.51. The molecule has 0 fully saturated rings. The molecule has 1 aromatic rings. The Hall–Kier alpha value is -1.49. The highest BCUT2D eigenvalue weighted by molar-refractivity contribution is 6.52. The average Bonchev–Trinajstić information content (AvgIpc) is 2.56. The third kappa shape index (κ3) is 2.10. The topological polar surface area (TPSA) is 37.4 Å². The maximum absolute atomic E-state index is 13.1. The second-order valence-electron chi connectivity index (χ2n) is 3.97. The van der Waals surface area contributed by atoms with Crippen molar-refractivity contribution < 1.29 is 18.4 Å². The number of rotatable bonds is 4. The molecule has 2 rings (SSSR count). The van der Waals surface area contributed by atoms with Crippen LogP contribution in [0.4, 0.5) is 14.5 Å². The third-order valence-electron chi connectivity index (χ3n) is 2.78. The van der Waals surface area contributed by atoms with Crippen molar-refractivity contribution in [1.82, 2.24) is 0 Å². The fourth-order valence-corrected chi connectivity index (χ4v) is 2.06. The number of fused-ring (bicyclic) bond motifs is 1. The first-order valence-corrected chi connectivity index (χ1v) is 6.01. The second-order valence-corrected chi connectivity index (χ2v) is 4.34. The van der Waals surface area contributed by atoms with Gasteiger partial charge in [-0.2, -0.15) is 0 Å². The first-order chi connectivity index (χ1) is 8.56. The number of alkyl halides is 1. The minimum Gasteiger partial charge on any atom is -0.305 e. The predicted molar refractivity (Wildman–Crippen MR) is 63.0 cm³/mol. The number of ketones is 1. The van der Waals surface area contributed by atoms with Crippen LogP contribution in [0.25, 0.3) is 0 Å². The molecule has 0 spiro atoms. The number of Topliss-reactive ketones (excluding diaryl/α,β-unsaturated/α-hetero) is 1. The van der Waals surface area contributed by atoms with E-state index in [1.54, 1.807) is 0 Å². The van der Waals surface area contributed by atoms with Crippen LogP contribution in [0.3, 0.4) is 0 Å². The molecule has 1 amide bonds. The van der Waals surface area contributed by atoms with Crippen molar-refractivity contribution in [3.05, 3.63) is 29.3 Å². The van der Waals surface area contributed by atoms with Crippen LogP contribution >= 0.6 is 11.6 Å². The van der Waals surface area contributed by atoms with E-state index in [4.69, 9.17) is 11.6 Å². The number of carbonyl (C=O) groups is 2. The number of halogens is 3. The standard InChI is InChI=1S/C12H10ClF2NO2/c13-3-1-2-4-16-10-6-9(15)8(14)5-7(10)11(17)12(16)18/h5-6H,1-4H2. The van der Waals surface area contributed by atoms with E-state index in [0.29, 0.717) is 18.7 Å². The first-order valence-electron chi connectivity index (χ1n) is 5.47. The van der Waals surface area contributed by atoms with Gasteiger partial charge in [-0.05, 0) is 18.9 Å². The summed E-state index contributed by atoms with van der Waals surface area (Å²) in [5.74, 6) is -3.30. The van der Waals surface area contributed by atoms with E-state index in [-0.39, 0.29) is 17.8 Å². The summed E-state index contributed by atoms with van der Waals surface area (Å²) in [5.41, 5.74) is 0.0586. The van der Waals surface area contributed by atoms with Gasteiger partial charge in [0.15, 0.2) is 11.6 Å². The molecular formula is C12H10ClF2NO2. The molecule has 1 aliphatic rings. The molecule has 0 bridgehead atoms. The molecule has 0 saturated carbocycles. The molecule has 3 nitrogen and oxygen atoms in total. The van der Waals surface area contributed by atoms with Gasteiger partial charge in [0.25, 0.3) is 11.7 Å². The lowest BCUT2D eigenvalue weighted by Crippen LogP contribution is -2.30. The average molecular weight is 274 g/mol. The molecule has 18 heavy (non-hydrogen) atoms. The van der Waals surface area contributed by atoms with Crippen molar-refractivity contribution in [2.24, 2.45) is 0 Å². The molecule has 96 valence electrons. The van der Waals surface area contributed by atoms with Gasteiger partial charge in [0.05, 0.1) is 11.3 Å². The Kier molecular flexibility index (Phi) is 3.61. The van der Waals surface area contributed by atoms with E-state index in [9.17, 15) is 18.4 Å². The number of unbranched alkanes of at least 4 members (excludes halogenated alkanes) is 1. The molecule has 0 aliphatic carbocycles. The van der Waals surface area contributed by atoms with Crippen molar-refractivity contribution >= 4 is 29.0 Å². The van der Waals surface area contributed by atoms with Gasteiger partial charge in [0, 0.05) is 18.5 Å². The Morgan fingerprint density at radius 2 is 1.78 bits per heavy atom. The lowest BCUT2D eigenvalue weighted by molar-refractivity contribution is -0.114. The summed E-state index contributed by atoms with van der Waals surface area (Å²) in [7, 11) is 0. The van der Waals surface area contributed by atoms with Gasteiger partial charge in [0.1, 0.15) is 0 Å². The number of carbonyl (C=O) groups excluding carboxylic acids is 2. The minimum atomic E-state index is -1.13. The molecule has 0 unspecified atom stereocenters. The number of benzene rings is 1. The van der Waals surface area contributed by atoms with Crippen LogP contribution in [0.5, 0.6) is 0 Å². The molecule has 1 heterocycles. The van der Waals surface area contributed by atoms with Gasteiger partial charge < -0.3 is 4.90 Å². The van der Waals surface area contributed by atoms with Crippen LogP contribution in [-0.2, 0) is 4.79 Å². The highest BCUT2D eigenvalue weighted by atomic mass is 35.5. The van der Waals surface area contributed by atoms with Crippen LogP contribution in [0.1, 0.15) is 23.2 Å². The molecule has 0 N–H and O–H groups in total. The molecule has 0 radical (unpaired) electrons. The van der Waals surface area contributed by atoms with Crippen molar-refractivity contribution in [1.29, 1.82) is 0 Å². The Morgan fingerprint density at radius 3 is 2.44 bits per heavy atom. The summed E-state index contributed by atoms with van der Waals surface area (Å²) < 4.78 is 26.2. The first kappa shape index (κ1) is 13.0. The Morgan fingerprint density at radius 1 is 1.11 bits per heavy atom. The van der Waals surface area contributed by atoms with Crippen LogP contribution in [0, 0.1) is 11.6 Å². The van der Waals surface area contributed by atoms with Gasteiger partial charge >= 0.3 is 0 Å². The van der Waals surface area contributed by atoms with Crippen molar-refractivity contribution in [3.63, 3.8) is 0 Å². The summed E-state index contributed by atoms with van der Waals surface area (Å²) in [6.45, 7) is 0.273. The molecule has 0 atom stereocenters. The zero-order chi connectivity index (χ0) is 13.3. The van der Waals surface area contributed by atoms with Crippen LogP contribution in [-0.4, -0.2) is 24.1 Å². The number of hydrogen-bond donors (Lipinski definition) is 0. The summed E-state index contributed by atoms with van der Waals surface area (Å²) >= 11 is 5.52. The van der Waals surface area contributed by atoms with Crippen molar-refractivity contribution in [2.45, 2.75) is 12.8 Å². The number of nitrogens with zero attached hydrogens (tertiary/aromatic N) is 1. The fourth-order valence-electron chi connectivity index (χ4n) is 1.88. The van der Waals surface area contributed by atoms with Crippen LogP contribution < -0.4 is 4.90 Å². The second kappa shape index (κ2) is 5.02. The molecule has 6 heteroatoms. The monoisotopic (exact) mass is 273 g/mol. The molecule has 1 aliphatic heterocycles. The zero-order valence-electron chi connectivity index (χ0n) is 9.38. The van der Waals surface area contributed by atoms with Gasteiger partial charge in [0.2, 0.25) is 0 Å². The summed E-state index contributed by atoms with van der Waals surface area (Å²) in [6, 6.07) is 1.65. The van der Waals surface area contributed by atoms with Crippen molar-refractivity contribution in [2.75, 3.05) is 17.3 Å². The lowest BCUT2D eigenvalue weighted by atomic mass is 10.1. The van der Waals surface area contributed by atoms with E-state index < -0.39 is 23.3 Å². The Balaban J connectivity index is 2.33. The molecule has 0 saturated heterocycles. The van der Waals surface area contributed by atoms with Crippen LogP contribution in [0.15, 0.2) is 12.1 Å². The van der Waals surface area contributed by atoms with Gasteiger partial charge in [-0.25, -0.2) is 8.78 Å². The Labute approximate surface area is 107 Å². The Bertz CT molecular complexity index is 519. The SMILES string of the molecule is O=C1C(=O)N(CCCCCl)c2cc(F)c(F)cc21. The van der Waals surface area contributed by atoms with E-state index in [2.05, 4.69) is 0 Å². The van der Waals surface area contributed by atoms with E-state index >= 15 is 0 Å². The van der Waals surface area contributed by atoms with E-state index in [0.717, 1.165) is 12.1 Å². The van der Waals surface area contributed by atoms with Gasteiger partial charge in [-0.1, -0.05) is 0 Å². The molecule has 0 aromatic heterocycles. The summed E-state index contributed by atoms with van der Waals surface area (Å²) in [5, 5.41) is 0. The van der Waals surface area contributed by atoms with Gasteiger partial charge in [-0.15, -0.1) is 11.6 Å². The summed E-state index contributed by atoms with van der Waals surface area (Å²) in [4.78, 5) is 24.4. The van der Waals surface area contributed by atoms with Crippen molar-refractivity contribution in [3.8, 4) is 0 Å². The highest BCUT2D eigenvalue weighted by Crippen LogP contribution is 2.31. The number of hydrogen-bond acceptors (Lipinski definition) is 2. The summed E-state index contributed by atoms with van der Waals surface area (Å²) in [6.07, 6.45) is 1.28. The molecule has 1 aromatic carbocycles. The number of anilines is 1. The van der Waals surface area contributed by atoms with Gasteiger partial charge in [-0.3, -0.25) is 9.59 Å². The number of amides is 1. The lowest BCUT2D eigenvalue weighted by Gasteiger charge is -2.15. The minimum absolute atomic E-state index is 0.0789. The quantitative estimate of drug-likeness (QED) is 0.480. The maximum atomic E-state index is 13.1. The third-order valence-corrected chi connectivity index (χ3v) is 3.05. The van der Waals surface area contributed by atoms with Crippen LogP contribution in [0.2, 0.25) is 0 Å². The molecular weight excluding hydrogens is 264 g/mol. The fraction of sp³-hybridized carbons (Fsp3) is 0.333. The maximum Gasteiger partial charge on any atom is 0.299 e. The normalized spacial score (nSPS) is 14.3. The zero-order valence-corrected chi connectivity index (χ0v) is 10.1. The largest absolute Gasteiger partial charge is 0.305 e. The smallest absolute Gasteiger partial charge is 0.299 e.